The summed E-state index contributed by atoms with van der Waals surface area (Å²) in [4.78, 5) is 1.02. The summed E-state index contributed by atoms with van der Waals surface area (Å²) in [5.74, 6) is -0.137. The molecule has 0 aliphatic carbocycles. The summed E-state index contributed by atoms with van der Waals surface area (Å²) in [6.07, 6.45) is -9.71. The van der Waals surface area contributed by atoms with E-state index in [0.29, 0.717) is 19.2 Å². The maximum absolute atomic E-state index is 13.5. The van der Waals surface area contributed by atoms with Gasteiger partial charge < -0.3 is 10.1 Å². The van der Waals surface area contributed by atoms with Crippen LogP contribution >= 0.6 is 0 Å². The largest absolute Gasteiger partial charge is 0.497 e. The Morgan fingerprint density at radius 3 is 2.17 bits per heavy atom. The van der Waals surface area contributed by atoms with Gasteiger partial charge in [-0.05, 0) is 17.7 Å². The highest BCUT2D eigenvalue weighted by molar-refractivity contribution is 5.40. The van der Waals surface area contributed by atoms with Crippen LogP contribution < -0.4 is 10.1 Å². The first-order chi connectivity index (χ1) is 10.6. The zero-order valence-corrected chi connectivity index (χ0v) is 12.3. The molecule has 1 fully saturated rings. The summed E-state index contributed by atoms with van der Waals surface area (Å²) in [6, 6.07) is 0.274. The Morgan fingerprint density at radius 2 is 1.70 bits per heavy atom. The molecule has 1 aliphatic rings. The van der Waals surface area contributed by atoms with Crippen molar-refractivity contribution in [3.05, 3.63) is 29.3 Å². The van der Waals surface area contributed by atoms with Crippen molar-refractivity contribution in [3.63, 3.8) is 0 Å². The normalized spacial score (nSPS) is 18.7. The van der Waals surface area contributed by atoms with Crippen molar-refractivity contribution in [1.29, 1.82) is 0 Å². The van der Waals surface area contributed by atoms with Crippen LogP contribution in [0.15, 0.2) is 18.2 Å². The van der Waals surface area contributed by atoms with Gasteiger partial charge in [0.25, 0.3) is 0 Å². The molecule has 1 aromatic rings. The van der Waals surface area contributed by atoms with Gasteiger partial charge >= 0.3 is 12.4 Å². The highest BCUT2D eigenvalue weighted by Crippen LogP contribution is 2.44. The Labute approximate surface area is 129 Å². The molecule has 0 radical (unpaired) electrons. The summed E-state index contributed by atoms with van der Waals surface area (Å²) >= 11 is 0. The molecular formula is C14H16F6N2O. The maximum atomic E-state index is 13.5. The minimum Gasteiger partial charge on any atom is -0.497 e. The smallest absolute Gasteiger partial charge is 0.416 e. The Morgan fingerprint density at radius 1 is 1.09 bits per heavy atom. The number of ether oxygens (including phenoxy) is 1. The van der Waals surface area contributed by atoms with E-state index >= 15 is 0 Å². The lowest BCUT2D eigenvalue weighted by atomic mass is 9.97. The number of hydrogen-bond acceptors (Lipinski definition) is 3. The topological polar surface area (TPSA) is 24.5 Å². The van der Waals surface area contributed by atoms with Gasteiger partial charge in [-0.1, -0.05) is 6.07 Å². The fourth-order valence-corrected chi connectivity index (χ4v) is 2.67. The zero-order valence-electron chi connectivity index (χ0n) is 12.3. The quantitative estimate of drug-likeness (QED) is 0.854. The Kier molecular flexibility index (Phi) is 5.10. The van der Waals surface area contributed by atoms with Crippen molar-refractivity contribution in [2.24, 2.45) is 0 Å². The predicted molar refractivity (Wildman–Crippen MR) is 71.2 cm³/mol. The predicted octanol–water partition coefficient (Wildman–Crippen LogP) is 3.22. The van der Waals surface area contributed by atoms with Gasteiger partial charge in [0.15, 0.2) is 0 Å². The van der Waals surface area contributed by atoms with Crippen LogP contribution in [-0.2, 0) is 6.18 Å². The molecule has 2 rings (SSSR count). The Hall–Kier alpha value is -1.48. The molecular weight excluding hydrogens is 326 g/mol. The van der Waals surface area contributed by atoms with Crippen molar-refractivity contribution >= 4 is 0 Å². The van der Waals surface area contributed by atoms with Gasteiger partial charge in [-0.25, -0.2) is 0 Å². The van der Waals surface area contributed by atoms with Crippen molar-refractivity contribution in [2.75, 3.05) is 33.3 Å². The third-order valence-electron chi connectivity index (χ3n) is 3.69. The van der Waals surface area contributed by atoms with E-state index in [1.54, 1.807) is 0 Å². The maximum Gasteiger partial charge on any atom is 0.416 e. The molecule has 1 atom stereocenters. The Balaban J connectivity index is 2.53. The van der Waals surface area contributed by atoms with Crippen LogP contribution in [0, 0.1) is 0 Å². The molecule has 1 aliphatic heterocycles. The van der Waals surface area contributed by atoms with Crippen LogP contribution in [0.3, 0.4) is 0 Å². The lowest BCUT2D eigenvalue weighted by Crippen LogP contribution is -2.49. The van der Waals surface area contributed by atoms with Crippen LogP contribution in [0.4, 0.5) is 26.3 Å². The molecule has 0 spiro atoms. The first kappa shape index (κ1) is 17.9. The van der Waals surface area contributed by atoms with Gasteiger partial charge in [0, 0.05) is 26.2 Å². The first-order valence-corrected chi connectivity index (χ1v) is 6.91. The highest BCUT2D eigenvalue weighted by atomic mass is 19.4. The van der Waals surface area contributed by atoms with E-state index in [-0.39, 0.29) is 18.8 Å². The number of nitrogens with one attached hydrogen (secondary N) is 1. The SMILES string of the molecule is COc1ccc([C@H](N2CCNCC2)C(F)(F)F)c(C(F)(F)F)c1. The number of rotatable bonds is 3. The summed E-state index contributed by atoms with van der Waals surface area (Å²) in [7, 11) is 1.16. The summed E-state index contributed by atoms with van der Waals surface area (Å²) in [6.45, 7) is 0.634. The highest BCUT2D eigenvalue weighted by Gasteiger charge is 2.48. The monoisotopic (exact) mass is 342 g/mol. The van der Waals surface area contributed by atoms with Gasteiger partial charge in [0.05, 0.1) is 12.7 Å². The second-order valence-electron chi connectivity index (χ2n) is 5.18. The summed E-state index contributed by atoms with van der Waals surface area (Å²) in [5, 5.41) is 2.88. The molecule has 3 nitrogen and oxygen atoms in total. The second kappa shape index (κ2) is 6.56. The van der Waals surface area contributed by atoms with Crippen LogP contribution in [0.5, 0.6) is 5.75 Å². The van der Waals surface area contributed by atoms with Gasteiger partial charge in [0.2, 0.25) is 0 Å². The molecule has 0 unspecified atom stereocenters. The number of alkyl halides is 6. The molecule has 1 aromatic carbocycles. The van der Waals surface area contributed by atoms with E-state index in [1.807, 2.05) is 0 Å². The number of piperazine rings is 1. The molecule has 23 heavy (non-hydrogen) atoms. The van der Waals surface area contributed by atoms with E-state index < -0.39 is 29.5 Å². The first-order valence-electron chi connectivity index (χ1n) is 6.91. The van der Waals surface area contributed by atoms with E-state index in [4.69, 9.17) is 4.74 Å². The van der Waals surface area contributed by atoms with Gasteiger partial charge in [-0.15, -0.1) is 0 Å². The molecule has 0 saturated carbocycles. The molecule has 130 valence electrons. The van der Waals surface area contributed by atoms with Gasteiger partial charge in [0.1, 0.15) is 11.8 Å². The molecule has 0 aromatic heterocycles. The van der Waals surface area contributed by atoms with Crippen LogP contribution in [0.2, 0.25) is 0 Å². The fourth-order valence-electron chi connectivity index (χ4n) is 2.67. The number of nitrogens with zero attached hydrogens (tertiary/aromatic N) is 1. The molecule has 9 heteroatoms. The standard InChI is InChI=1S/C14H16F6N2O/c1-23-9-2-3-10(11(8-9)13(15,16)17)12(14(18,19)20)22-6-4-21-5-7-22/h2-3,8,12,21H,4-7H2,1H3/t12-/m0/s1. The van der Waals surface area contributed by atoms with Crippen molar-refractivity contribution in [2.45, 2.75) is 18.4 Å². The molecule has 1 heterocycles. The lowest BCUT2D eigenvalue weighted by molar-refractivity contribution is -0.190. The molecule has 0 bridgehead atoms. The molecule has 0 amide bonds. The third kappa shape index (κ3) is 4.08. The van der Waals surface area contributed by atoms with Crippen LogP contribution in [0.25, 0.3) is 0 Å². The van der Waals surface area contributed by atoms with Crippen molar-refractivity contribution in [1.82, 2.24) is 10.2 Å². The number of hydrogen-bond donors (Lipinski definition) is 1. The summed E-state index contributed by atoms with van der Waals surface area (Å²) < 4.78 is 84.8. The average molecular weight is 342 g/mol. The third-order valence-corrected chi connectivity index (χ3v) is 3.69. The van der Waals surface area contributed by atoms with Gasteiger partial charge in [-0.3, -0.25) is 4.90 Å². The van der Waals surface area contributed by atoms with E-state index in [0.717, 1.165) is 24.1 Å². The lowest BCUT2D eigenvalue weighted by Gasteiger charge is -2.37. The van der Waals surface area contributed by atoms with E-state index in [2.05, 4.69) is 5.32 Å². The fraction of sp³-hybridized carbons (Fsp3) is 0.571. The molecule has 1 N–H and O–H groups in total. The molecule has 1 saturated heterocycles. The average Bonchev–Trinajstić information content (AvgIpc) is 2.46. The van der Waals surface area contributed by atoms with E-state index in [1.165, 1.54) is 0 Å². The summed E-state index contributed by atoms with van der Waals surface area (Å²) in [5.41, 5.74) is -2.12. The zero-order chi connectivity index (χ0) is 17.3. The Bertz CT molecular complexity index is 537. The van der Waals surface area contributed by atoms with Gasteiger partial charge in [-0.2, -0.15) is 26.3 Å². The minimum atomic E-state index is -4.90. The van der Waals surface area contributed by atoms with Crippen LogP contribution in [0.1, 0.15) is 17.2 Å². The van der Waals surface area contributed by atoms with E-state index in [9.17, 15) is 26.3 Å². The number of methoxy groups -OCH3 is 1. The van der Waals surface area contributed by atoms with Crippen molar-refractivity contribution in [3.8, 4) is 5.75 Å². The van der Waals surface area contributed by atoms with Crippen molar-refractivity contribution < 1.29 is 31.1 Å². The minimum absolute atomic E-state index is 0.0213. The number of halogens is 6. The second-order valence-corrected chi connectivity index (χ2v) is 5.18. The number of benzene rings is 1. The van der Waals surface area contributed by atoms with Crippen LogP contribution in [-0.4, -0.2) is 44.4 Å².